The number of carbonyl (C=O) groups is 1. The van der Waals surface area contributed by atoms with Crippen molar-refractivity contribution in [3.05, 3.63) is 35.9 Å². The summed E-state index contributed by atoms with van der Waals surface area (Å²) in [4.78, 5) is 11.4. The second kappa shape index (κ2) is 2.36. The maximum Gasteiger partial charge on any atom is 0.327 e. The van der Waals surface area contributed by atoms with Gasteiger partial charge in [0.25, 0.3) is 0 Å². The van der Waals surface area contributed by atoms with E-state index in [9.17, 15) is 4.79 Å². The van der Waals surface area contributed by atoms with Crippen LogP contribution in [-0.2, 0) is 9.53 Å². The van der Waals surface area contributed by atoms with Gasteiger partial charge in [0.1, 0.15) is 5.54 Å². The van der Waals surface area contributed by atoms with Crippen LogP contribution in [0.3, 0.4) is 0 Å². The minimum Gasteiger partial charge on any atom is -0.464 e. The van der Waals surface area contributed by atoms with Crippen molar-refractivity contribution in [2.45, 2.75) is 11.5 Å². The maximum absolute atomic E-state index is 11.4. The van der Waals surface area contributed by atoms with Crippen LogP contribution in [0.1, 0.15) is 11.5 Å². The van der Waals surface area contributed by atoms with Gasteiger partial charge in [-0.15, -0.1) is 0 Å². The van der Waals surface area contributed by atoms with Crippen molar-refractivity contribution in [2.75, 3.05) is 6.61 Å². The van der Waals surface area contributed by atoms with E-state index in [0.717, 1.165) is 5.56 Å². The van der Waals surface area contributed by atoms with Gasteiger partial charge in [-0.25, -0.2) is 0 Å². The summed E-state index contributed by atoms with van der Waals surface area (Å²) in [6.07, 6.45) is 0. The van der Waals surface area contributed by atoms with Crippen LogP contribution in [0.2, 0.25) is 0 Å². The molecule has 1 aliphatic heterocycles. The summed E-state index contributed by atoms with van der Waals surface area (Å²) in [6, 6.07) is 9.94. The number of nitrogens with two attached hydrogens (primary N) is 1. The molecular formula is C11H11NO2. The number of carbonyl (C=O) groups excluding carboxylic acids is 1. The Kier molecular flexibility index (Phi) is 1.35. The summed E-state index contributed by atoms with van der Waals surface area (Å²) in [7, 11) is 0. The van der Waals surface area contributed by atoms with Gasteiger partial charge in [-0.3, -0.25) is 4.79 Å². The van der Waals surface area contributed by atoms with Gasteiger partial charge in [0, 0.05) is 11.8 Å². The van der Waals surface area contributed by atoms with Crippen molar-refractivity contribution in [3.63, 3.8) is 0 Å². The zero-order valence-corrected chi connectivity index (χ0v) is 7.64. The average Bonchev–Trinajstić information content (AvgIpc) is 2.72. The Morgan fingerprint density at radius 3 is 2.64 bits per heavy atom. The smallest absolute Gasteiger partial charge is 0.327 e. The maximum atomic E-state index is 11.4. The Morgan fingerprint density at radius 1 is 1.36 bits per heavy atom. The summed E-state index contributed by atoms with van der Waals surface area (Å²) in [5.41, 5.74) is 6.43. The quantitative estimate of drug-likeness (QED) is 0.660. The van der Waals surface area contributed by atoms with Crippen LogP contribution in [-0.4, -0.2) is 18.1 Å². The SMILES string of the molecule is NC12C(=O)OCC1C2c1ccccc1. The molecule has 1 aromatic rings. The van der Waals surface area contributed by atoms with E-state index >= 15 is 0 Å². The number of hydrogen-bond donors (Lipinski definition) is 1. The van der Waals surface area contributed by atoms with Gasteiger partial charge >= 0.3 is 5.97 Å². The summed E-state index contributed by atoms with van der Waals surface area (Å²) in [5, 5.41) is 0. The van der Waals surface area contributed by atoms with Crippen molar-refractivity contribution >= 4 is 5.97 Å². The van der Waals surface area contributed by atoms with Crippen LogP contribution in [0.4, 0.5) is 0 Å². The number of hydrogen-bond acceptors (Lipinski definition) is 3. The number of benzene rings is 1. The fourth-order valence-electron chi connectivity index (χ4n) is 2.45. The number of esters is 1. The second-order valence-electron chi connectivity index (χ2n) is 4.03. The molecule has 0 spiro atoms. The largest absolute Gasteiger partial charge is 0.464 e. The summed E-state index contributed by atoms with van der Waals surface area (Å²) in [6.45, 7) is 0.481. The fraction of sp³-hybridized carbons (Fsp3) is 0.364. The van der Waals surface area contributed by atoms with Gasteiger partial charge < -0.3 is 10.5 Å². The van der Waals surface area contributed by atoms with Crippen LogP contribution in [0.15, 0.2) is 30.3 Å². The van der Waals surface area contributed by atoms with E-state index < -0.39 is 5.54 Å². The van der Waals surface area contributed by atoms with Gasteiger partial charge in [0.2, 0.25) is 0 Å². The van der Waals surface area contributed by atoms with E-state index in [1.54, 1.807) is 0 Å². The van der Waals surface area contributed by atoms with Crippen molar-refractivity contribution in [1.29, 1.82) is 0 Å². The normalized spacial score (nSPS) is 39.1. The van der Waals surface area contributed by atoms with Crippen LogP contribution in [0.5, 0.6) is 0 Å². The molecule has 2 N–H and O–H groups in total. The van der Waals surface area contributed by atoms with Crippen LogP contribution in [0.25, 0.3) is 0 Å². The van der Waals surface area contributed by atoms with Crippen molar-refractivity contribution in [1.82, 2.24) is 0 Å². The predicted molar refractivity (Wildman–Crippen MR) is 50.6 cm³/mol. The average molecular weight is 189 g/mol. The first-order chi connectivity index (χ1) is 6.74. The lowest BCUT2D eigenvalue weighted by Crippen LogP contribution is -2.33. The molecule has 1 saturated heterocycles. The summed E-state index contributed by atoms with van der Waals surface area (Å²) in [5.74, 6) is 0.124. The highest BCUT2D eigenvalue weighted by molar-refractivity contribution is 5.90. The Hall–Kier alpha value is -1.35. The minimum atomic E-state index is -0.721. The van der Waals surface area contributed by atoms with Crippen LogP contribution >= 0.6 is 0 Å². The molecule has 3 atom stereocenters. The standard InChI is InChI=1S/C11H11NO2/c12-11-8(6-14-10(11)13)9(11)7-4-2-1-3-5-7/h1-5,8-9H,6,12H2. The fourth-order valence-corrected chi connectivity index (χ4v) is 2.45. The molecule has 3 rings (SSSR count). The third-order valence-electron chi connectivity index (χ3n) is 3.33. The Labute approximate surface area is 81.9 Å². The first-order valence-corrected chi connectivity index (χ1v) is 4.75. The lowest BCUT2D eigenvalue weighted by molar-refractivity contribution is -0.142. The van der Waals surface area contributed by atoms with Crippen molar-refractivity contribution in [2.24, 2.45) is 11.7 Å². The topological polar surface area (TPSA) is 52.3 Å². The van der Waals surface area contributed by atoms with Crippen LogP contribution < -0.4 is 5.73 Å². The molecule has 1 aromatic carbocycles. The highest BCUT2D eigenvalue weighted by Gasteiger charge is 2.72. The highest BCUT2D eigenvalue weighted by atomic mass is 16.5. The molecule has 0 aromatic heterocycles. The second-order valence-corrected chi connectivity index (χ2v) is 4.03. The molecule has 3 heteroatoms. The molecule has 14 heavy (non-hydrogen) atoms. The highest BCUT2D eigenvalue weighted by Crippen LogP contribution is 2.59. The van der Waals surface area contributed by atoms with E-state index in [0.29, 0.717) is 6.61 Å². The van der Waals surface area contributed by atoms with Crippen molar-refractivity contribution in [3.8, 4) is 0 Å². The lowest BCUT2D eigenvalue weighted by Gasteiger charge is -2.07. The van der Waals surface area contributed by atoms with Gasteiger partial charge in [-0.1, -0.05) is 30.3 Å². The van der Waals surface area contributed by atoms with Gasteiger partial charge in [-0.2, -0.15) is 0 Å². The van der Waals surface area contributed by atoms with E-state index in [2.05, 4.69) is 0 Å². The van der Waals surface area contributed by atoms with Crippen molar-refractivity contribution < 1.29 is 9.53 Å². The Morgan fingerprint density at radius 2 is 2.07 bits per heavy atom. The number of rotatable bonds is 1. The number of ether oxygens (including phenoxy) is 1. The lowest BCUT2D eigenvalue weighted by atomic mass is 10.1. The minimum absolute atomic E-state index is 0.171. The number of fused-ring (bicyclic) bond motifs is 1. The molecule has 3 unspecified atom stereocenters. The van der Waals surface area contributed by atoms with E-state index in [4.69, 9.17) is 10.5 Å². The molecule has 0 amide bonds. The Balaban J connectivity index is 1.96. The van der Waals surface area contributed by atoms with Crippen LogP contribution in [0, 0.1) is 5.92 Å². The molecule has 0 radical (unpaired) electrons. The zero-order chi connectivity index (χ0) is 9.76. The Bertz CT molecular complexity index is 390. The number of cyclic esters (lactones) is 1. The van der Waals surface area contributed by atoms with Gasteiger partial charge in [0.15, 0.2) is 0 Å². The molecule has 3 nitrogen and oxygen atoms in total. The molecule has 1 aliphatic carbocycles. The third kappa shape index (κ3) is 0.780. The van der Waals surface area contributed by atoms with E-state index in [1.807, 2.05) is 30.3 Å². The van der Waals surface area contributed by atoms with Gasteiger partial charge in [-0.05, 0) is 5.56 Å². The molecular weight excluding hydrogens is 178 g/mol. The van der Waals surface area contributed by atoms with E-state index in [-0.39, 0.29) is 17.8 Å². The third-order valence-corrected chi connectivity index (χ3v) is 3.33. The molecule has 2 fully saturated rings. The first kappa shape index (κ1) is 8.00. The molecule has 1 saturated carbocycles. The summed E-state index contributed by atoms with van der Waals surface area (Å²) >= 11 is 0. The monoisotopic (exact) mass is 189 g/mol. The molecule has 2 aliphatic rings. The first-order valence-electron chi connectivity index (χ1n) is 4.75. The molecule has 1 heterocycles. The summed E-state index contributed by atoms with van der Waals surface area (Å²) < 4.78 is 4.91. The molecule has 72 valence electrons. The molecule has 0 bridgehead atoms. The van der Waals surface area contributed by atoms with Gasteiger partial charge in [0.05, 0.1) is 6.61 Å². The zero-order valence-electron chi connectivity index (χ0n) is 7.64. The van der Waals surface area contributed by atoms with E-state index in [1.165, 1.54) is 0 Å². The predicted octanol–water partition coefficient (Wildman–Crippen LogP) is 0.654.